The van der Waals surface area contributed by atoms with E-state index in [4.69, 9.17) is 4.74 Å². The first-order valence-electron chi connectivity index (χ1n) is 13.0. The standard InChI is InChI=1S/C31H34F3N3O3/c1-20-23(22-12-8-15-28(38)29(22)34)16-36(19-37(20)17-24-25(32)13-9-14-26(24)33)18-27(21-10-6-5-7-11-21)35-30(39)40-31(2,3)4/h5-15,27,38H,16-19H2,1-4H3,(H,35,39)/t27-/m0/s1. The summed E-state index contributed by atoms with van der Waals surface area (Å²) < 4.78 is 49.9. The third-order valence-electron chi connectivity index (χ3n) is 6.71. The number of phenolic OH excluding ortho intramolecular Hbond substituents is 1. The molecule has 4 rings (SSSR count). The first kappa shape index (κ1) is 29.0. The number of carbonyl (C=O) groups excluding carboxylic acids is 1. The van der Waals surface area contributed by atoms with Crippen molar-refractivity contribution in [3.8, 4) is 5.75 Å². The molecule has 1 aliphatic rings. The van der Waals surface area contributed by atoms with Gasteiger partial charge in [-0.1, -0.05) is 48.5 Å². The largest absolute Gasteiger partial charge is 0.505 e. The maximum absolute atomic E-state index is 15.1. The van der Waals surface area contributed by atoms with Crippen molar-refractivity contribution in [2.24, 2.45) is 0 Å². The van der Waals surface area contributed by atoms with Crippen molar-refractivity contribution in [2.45, 2.75) is 45.9 Å². The fraction of sp³-hybridized carbons (Fsp3) is 0.323. The van der Waals surface area contributed by atoms with Gasteiger partial charge in [0.25, 0.3) is 0 Å². The van der Waals surface area contributed by atoms with Gasteiger partial charge in [0, 0.05) is 36.5 Å². The number of nitrogens with one attached hydrogen (secondary N) is 1. The smallest absolute Gasteiger partial charge is 0.408 e. The van der Waals surface area contributed by atoms with Crippen LogP contribution in [0.15, 0.2) is 72.4 Å². The fourth-order valence-corrected chi connectivity index (χ4v) is 4.75. The van der Waals surface area contributed by atoms with Crippen molar-refractivity contribution in [1.82, 2.24) is 15.1 Å². The van der Waals surface area contributed by atoms with E-state index in [1.54, 1.807) is 44.7 Å². The molecule has 3 aromatic carbocycles. The van der Waals surface area contributed by atoms with Crippen molar-refractivity contribution in [3.63, 3.8) is 0 Å². The van der Waals surface area contributed by atoms with Gasteiger partial charge in [0.05, 0.1) is 12.7 Å². The van der Waals surface area contributed by atoms with Crippen molar-refractivity contribution in [3.05, 3.63) is 107 Å². The van der Waals surface area contributed by atoms with E-state index in [9.17, 15) is 18.7 Å². The zero-order valence-electron chi connectivity index (χ0n) is 23.0. The highest BCUT2D eigenvalue weighted by Gasteiger charge is 2.30. The van der Waals surface area contributed by atoms with Crippen LogP contribution in [0.1, 0.15) is 50.4 Å². The minimum atomic E-state index is -0.776. The van der Waals surface area contributed by atoms with E-state index in [1.165, 1.54) is 24.3 Å². The van der Waals surface area contributed by atoms with Gasteiger partial charge in [0.2, 0.25) is 0 Å². The molecule has 1 amide bonds. The van der Waals surface area contributed by atoms with Crippen molar-refractivity contribution < 1.29 is 27.8 Å². The highest BCUT2D eigenvalue weighted by Crippen LogP contribution is 2.33. The van der Waals surface area contributed by atoms with E-state index in [-0.39, 0.29) is 37.4 Å². The first-order valence-corrected chi connectivity index (χ1v) is 13.0. The molecule has 212 valence electrons. The van der Waals surface area contributed by atoms with Gasteiger partial charge in [-0.3, -0.25) is 4.90 Å². The Morgan fingerprint density at radius 3 is 2.30 bits per heavy atom. The van der Waals surface area contributed by atoms with Gasteiger partial charge in [0.15, 0.2) is 11.6 Å². The van der Waals surface area contributed by atoms with Gasteiger partial charge in [-0.25, -0.2) is 18.0 Å². The van der Waals surface area contributed by atoms with Crippen LogP contribution in [0.4, 0.5) is 18.0 Å². The summed E-state index contributed by atoms with van der Waals surface area (Å²) in [4.78, 5) is 16.5. The average molecular weight is 554 g/mol. The van der Waals surface area contributed by atoms with Crippen LogP contribution in [0.3, 0.4) is 0 Å². The molecule has 9 heteroatoms. The summed E-state index contributed by atoms with van der Waals surface area (Å²) in [5.41, 5.74) is 1.40. The second-order valence-corrected chi connectivity index (χ2v) is 10.9. The summed E-state index contributed by atoms with van der Waals surface area (Å²) in [5.74, 6) is -2.62. The summed E-state index contributed by atoms with van der Waals surface area (Å²) in [5, 5.41) is 13.0. The van der Waals surface area contributed by atoms with E-state index >= 15 is 4.39 Å². The lowest BCUT2D eigenvalue weighted by Gasteiger charge is -2.41. The van der Waals surface area contributed by atoms with Crippen LogP contribution in [0, 0.1) is 17.5 Å². The molecule has 0 spiro atoms. The van der Waals surface area contributed by atoms with Gasteiger partial charge in [-0.15, -0.1) is 0 Å². The highest BCUT2D eigenvalue weighted by atomic mass is 19.1. The second kappa shape index (κ2) is 12.0. The number of ether oxygens (including phenoxy) is 1. The molecule has 0 aliphatic carbocycles. The number of hydrogen-bond donors (Lipinski definition) is 2. The molecule has 0 unspecified atom stereocenters. The summed E-state index contributed by atoms with van der Waals surface area (Å²) in [6, 6.07) is 16.9. The molecule has 1 heterocycles. The van der Waals surface area contributed by atoms with Crippen LogP contribution in [0.2, 0.25) is 0 Å². The molecule has 3 aromatic rings. The number of nitrogens with zero attached hydrogens (tertiary/aromatic N) is 2. The first-order chi connectivity index (χ1) is 18.9. The van der Waals surface area contributed by atoms with E-state index < -0.39 is 40.9 Å². The molecule has 0 saturated heterocycles. The minimum absolute atomic E-state index is 0.0970. The summed E-state index contributed by atoms with van der Waals surface area (Å²) in [6.45, 7) is 7.80. The third-order valence-corrected chi connectivity index (χ3v) is 6.71. The van der Waals surface area contributed by atoms with Crippen molar-refractivity contribution in [1.29, 1.82) is 0 Å². The molecule has 2 N–H and O–H groups in total. The van der Waals surface area contributed by atoms with Crippen LogP contribution in [-0.2, 0) is 11.3 Å². The molecule has 0 bridgehead atoms. The average Bonchev–Trinajstić information content (AvgIpc) is 2.88. The normalized spacial score (nSPS) is 15.2. The van der Waals surface area contributed by atoms with Crippen molar-refractivity contribution >= 4 is 11.7 Å². The molecule has 1 aliphatic heterocycles. The Bertz CT molecular complexity index is 1370. The number of halogens is 3. The van der Waals surface area contributed by atoms with Gasteiger partial charge in [-0.2, -0.15) is 0 Å². The molecule has 40 heavy (non-hydrogen) atoms. The van der Waals surface area contributed by atoms with Gasteiger partial charge >= 0.3 is 6.09 Å². The number of aromatic hydroxyl groups is 1. The second-order valence-electron chi connectivity index (χ2n) is 10.9. The Morgan fingerprint density at radius 1 is 1.00 bits per heavy atom. The van der Waals surface area contributed by atoms with Crippen LogP contribution >= 0.6 is 0 Å². The Balaban J connectivity index is 1.70. The number of amides is 1. The SMILES string of the molecule is CC1=C(c2cccc(O)c2F)CN(C[C@H](NC(=O)OC(C)(C)C)c2ccccc2)CN1Cc1c(F)cccc1F. The maximum Gasteiger partial charge on any atom is 0.408 e. The van der Waals surface area contributed by atoms with Gasteiger partial charge in [0.1, 0.15) is 17.2 Å². The summed E-state index contributed by atoms with van der Waals surface area (Å²) >= 11 is 0. The Hall–Kier alpha value is -3.98. The predicted octanol–water partition coefficient (Wildman–Crippen LogP) is 6.58. The molecule has 6 nitrogen and oxygen atoms in total. The molecule has 1 atom stereocenters. The Labute approximate surface area is 232 Å². The van der Waals surface area contributed by atoms with E-state index in [0.717, 1.165) is 5.56 Å². The molecular formula is C31H34F3N3O3. The quantitative estimate of drug-likeness (QED) is 0.346. The zero-order valence-corrected chi connectivity index (χ0v) is 23.0. The van der Waals surface area contributed by atoms with Crippen LogP contribution in [0.25, 0.3) is 5.57 Å². The lowest BCUT2D eigenvalue weighted by atomic mass is 9.98. The lowest BCUT2D eigenvalue weighted by molar-refractivity contribution is 0.0481. The lowest BCUT2D eigenvalue weighted by Crippen LogP contribution is -2.47. The van der Waals surface area contributed by atoms with Gasteiger partial charge in [-0.05, 0) is 57.0 Å². The minimum Gasteiger partial charge on any atom is -0.505 e. The predicted molar refractivity (Wildman–Crippen MR) is 148 cm³/mol. The molecule has 0 fully saturated rings. The molecular weight excluding hydrogens is 519 g/mol. The van der Waals surface area contributed by atoms with Crippen molar-refractivity contribution in [2.75, 3.05) is 19.8 Å². The number of carbonyl (C=O) groups is 1. The number of rotatable bonds is 7. The third kappa shape index (κ3) is 6.96. The van der Waals surface area contributed by atoms with E-state index in [0.29, 0.717) is 11.3 Å². The summed E-state index contributed by atoms with van der Waals surface area (Å²) in [7, 11) is 0. The molecule has 0 radical (unpaired) electrons. The number of alkyl carbamates (subject to hydrolysis) is 1. The fourth-order valence-electron chi connectivity index (χ4n) is 4.75. The molecule has 0 saturated carbocycles. The monoisotopic (exact) mass is 553 g/mol. The van der Waals surface area contributed by atoms with E-state index in [2.05, 4.69) is 5.32 Å². The number of hydrogen-bond acceptors (Lipinski definition) is 5. The maximum atomic E-state index is 15.1. The van der Waals surface area contributed by atoms with Crippen LogP contribution in [-0.4, -0.2) is 46.4 Å². The molecule has 0 aromatic heterocycles. The number of phenols is 1. The summed E-state index contributed by atoms with van der Waals surface area (Å²) in [6.07, 6.45) is -0.588. The van der Waals surface area contributed by atoms with Gasteiger partial charge < -0.3 is 20.1 Å². The Morgan fingerprint density at radius 2 is 1.65 bits per heavy atom. The number of allylic oxidation sites excluding steroid dienone is 1. The number of benzene rings is 3. The highest BCUT2D eigenvalue weighted by molar-refractivity contribution is 5.72. The van der Waals surface area contributed by atoms with Crippen LogP contribution < -0.4 is 5.32 Å². The van der Waals surface area contributed by atoms with E-state index in [1.807, 2.05) is 35.2 Å². The topological polar surface area (TPSA) is 65.0 Å². The Kier molecular flexibility index (Phi) is 8.73. The zero-order chi connectivity index (χ0) is 29.0. The van der Waals surface area contributed by atoms with Crippen LogP contribution in [0.5, 0.6) is 5.75 Å².